The van der Waals surface area contributed by atoms with Crippen molar-refractivity contribution in [1.82, 2.24) is 0 Å². The molecule has 12 heavy (non-hydrogen) atoms. The second kappa shape index (κ2) is 5.64. The van der Waals surface area contributed by atoms with Gasteiger partial charge >= 0.3 is 0 Å². The number of hydrogen-bond acceptors (Lipinski definition) is 1. The van der Waals surface area contributed by atoms with Crippen molar-refractivity contribution in [2.75, 3.05) is 7.11 Å². The highest BCUT2D eigenvalue weighted by Crippen LogP contribution is 2.14. The van der Waals surface area contributed by atoms with Crippen LogP contribution in [0.5, 0.6) is 0 Å². The summed E-state index contributed by atoms with van der Waals surface area (Å²) in [5, 5.41) is 0. The van der Waals surface area contributed by atoms with Gasteiger partial charge in [0.05, 0.1) is 7.11 Å². The van der Waals surface area contributed by atoms with Gasteiger partial charge in [0.25, 0.3) is 0 Å². The zero-order valence-electron chi connectivity index (χ0n) is 8.48. The molecule has 0 heterocycles. The Bertz CT molecular complexity index is 209. The van der Waals surface area contributed by atoms with Crippen molar-refractivity contribution in [3.8, 4) is 0 Å². The smallest absolute Gasteiger partial charge is 0.114 e. The number of methoxy groups -OCH3 is 1. The number of hydrogen-bond donors (Lipinski definition) is 0. The Morgan fingerprint density at radius 1 is 1.50 bits per heavy atom. The molecule has 0 rings (SSSR count). The molecule has 0 saturated carbocycles. The van der Waals surface area contributed by atoms with Gasteiger partial charge in [0, 0.05) is 0 Å². The molecule has 68 valence electrons. The first kappa shape index (κ1) is 11.0. The molecular weight excluding hydrogens is 148 g/mol. The zero-order chi connectivity index (χ0) is 9.56. The topological polar surface area (TPSA) is 9.23 Å². The van der Waals surface area contributed by atoms with Gasteiger partial charge < -0.3 is 4.74 Å². The van der Waals surface area contributed by atoms with Crippen LogP contribution in [0, 0.1) is 0 Å². The highest BCUT2D eigenvalue weighted by Gasteiger charge is 1.96. The van der Waals surface area contributed by atoms with Gasteiger partial charge in [-0.1, -0.05) is 19.1 Å². The van der Waals surface area contributed by atoms with E-state index in [1.54, 1.807) is 7.11 Å². The minimum absolute atomic E-state index is 0.898. The van der Waals surface area contributed by atoms with Gasteiger partial charge in [-0.15, -0.1) is 0 Å². The molecule has 1 nitrogen and oxygen atoms in total. The van der Waals surface area contributed by atoms with Gasteiger partial charge in [-0.2, -0.15) is 0 Å². The van der Waals surface area contributed by atoms with E-state index in [2.05, 4.69) is 13.5 Å². The molecule has 0 aromatic heterocycles. The Hall–Kier alpha value is -0.980. The average Bonchev–Trinajstić information content (AvgIpc) is 2.06. The van der Waals surface area contributed by atoms with E-state index < -0.39 is 0 Å². The van der Waals surface area contributed by atoms with Gasteiger partial charge in [0.2, 0.25) is 0 Å². The Labute approximate surface area is 75.4 Å². The van der Waals surface area contributed by atoms with Gasteiger partial charge in [0.1, 0.15) is 5.76 Å². The molecule has 0 N–H and O–H groups in total. The molecule has 0 atom stereocenters. The monoisotopic (exact) mass is 166 g/mol. The van der Waals surface area contributed by atoms with Crippen LogP contribution in [0.4, 0.5) is 0 Å². The molecule has 0 radical (unpaired) electrons. The minimum atomic E-state index is 0.898. The predicted molar refractivity (Wildman–Crippen MR) is 54.0 cm³/mol. The summed E-state index contributed by atoms with van der Waals surface area (Å²) in [7, 11) is 1.68. The molecule has 0 aliphatic rings. The van der Waals surface area contributed by atoms with Crippen molar-refractivity contribution >= 4 is 0 Å². The Morgan fingerprint density at radius 2 is 2.08 bits per heavy atom. The molecule has 0 bridgehead atoms. The SMILES string of the molecule is C=C(C)/C(=C\C(=C/C)OC)CC. The van der Waals surface area contributed by atoms with Crippen LogP contribution in [0.3, 0.4) is 0 Å². The quantitative estimate of drug-likeness (QED) is 0.459. The van der Waals surface area contributed by atoms with Crippen molar-refractivity contribution < 1.29 is 4.74 Å². The fourth-order valence-electron chi connectivity index (χ4n) is 0.959. The van der Waals surface area contributed by atoms with Gasteiger partial charge in [-0.25, -0.2) is 0 Å². The first-order valence-corrected chi connectivity index (χ1v) is 4.22. The summed E-state index contributed by atoms with van der Waals surface area (Å²) in [4.78, 5) is 0. The maximum absolute atomic E-state index is 5.13. The van der Waals surface area contributed by atoms with E-state index in [9.17, 15) is 0 Å². The maximum Gasteiger partial charge on any atom is 0.114 e. The van der Waals surface area contributed by atoms with Crippen molar-refractivity contribution in [2.24, 2.45) is 0 Å². The molecule has 0 aliphatic carbocycles. The number of ether oxygens (including phenoxy) is 1. The highest BCUT2D eigenvalue weighted by atomic mass is 16.5. The summed E-state index contributed by atoms with van der Waals surface area (Å²) in [6.07, 6.45) is 4.97. The second-order valence-electron chi connectivity index (χ2n) is 2.70. The normalized spacial score (nSPS) is 13.0. The largest absolute Gasteiger partial charge is 0.497 e. The van der Waals surface area contributed by atoms with Crippen LogP contribution >= 0.6 is 0 Å². The lowest BCUT2D eigenvalue weighted by Crippen LogP contribution is -1.87. The average molecular weight is 166 g/mol. The number of allylic oxidation sites excluding steroid dienone is 4. The lowest BCUT2D eigenvalue weighted by Gasteiger charge is -2.05. The summed E-state index contributed by atoms with van der Waals surface area (Å²) in [5.41, 5.74) is 2.35. The molecule has 0 unspecified atom stereocenters. The fourth-order valence-corrected chi connectivity index (χ4v) is 0.959. The summed E-state index contributed by atoms with van der Waals surface area (Å²) in [6, 6.07) is 0. The third kappa shape index (κ3) is 3.42. The summed E-state index contributed by atoms with van der Waals surface area (Å²) in [6.45, 7) is 9.98. The van der Waals surface area contributed by atoms with Crippen molar-refractivity contribution in [1.29, 1.82) is 0 Å². The zero-order valence-corrected chi connectivity index (χ0v) is 8.48. The van der Waals surface area contributed by atoms with Crippen LogP contribution in [-0.2, 0) is 4.74 Å². The predicted octanol–water partition coefficient (Wildman–Crippen LogP) is 3.45. The maximum atomic E-state index is 5.13. The fraction of sp³-hybridized carbons (Fsp3) is 0.455. The van der Waals surface area contributed by atoms with Crippen molar-refractivity contribution in [2.45, 2.75) is 27.2 Å². The van der Waals surface area contributed by atoms with Crippen LogP contribution in [-0.4, -0.2) is 7.11 Å². The van der Waals surface area contributed by atoms with Crippen molar-refractivity contribution in [3.05, 3.63) is 35.6 Å². The van der Waals surface area contributed by atoms with E-state index in [1.165, 1.54) is 5.57 Å². The standard InChI is InChI=1S/C11H18O/c1-6-10(9(3)4)8-11(7-2)12-5/h7-8H,3,6H2,1-2,4-5H3/b10-8-,11-7+. The third-order valence-electron chi connectivity index (χ3n) is 1.77. The third-order valence-corrected chi connectivity index (χ3v) is 1.77. The molecular formula is C11H18O. The Balaban J connectivity index is 4.58. The van der Waals surface area contributed by atoms with E-state index in [0.717, 1.165) is 17.8 Å². The molecule has 0 amide bonds. The lowest BCUT2D eigenvalue weighted by atomic mass is 10.1. The lowest BCUT2D eigenvalue weighted by molar-refractivity contribution is 0.305. The second-order valence-corrected chi connectivity index (χ2v) is 2.70. The molecule has 0 aromatic carbocycles. The van der Waals surface area contributed by atoms with Gasteiger partial charge in [-0.3, -0.25) is 0 Å². The van der Waals surface area contributed by atoms with E-state index in [4.69, 9.17) is 4.74 Å². The number of rotatable bonds is 4. The van der Waals surface area contributed by atoms with Gasteiger partial charge in [0.15, 0.2) is 0 Å². The highest BCUT2D eigenvalue weighted by molar-refractivity contribution is 5.31. The van der Waals surface area contributed by atoms with Crippen LogP contribution in [0.1, 0.15) is 27.2 Å². The first-order chi connectivity index (χ1) is 5.65. The van der Waals surface area contributed by atoms with Crippen LogP contribution < -0.4 is 0 Å². The molecule has 0 spiro atoms. The summed E-state index contributed by atoms with van der Waals surface area (Å²) >= 11 is 0. The Morgan fingerprint density at radius 3 is 2.33 bits per heavy atom. The molecule has 0 aromatic rings. The Kier molecular flexibility index (Phi) is 5.18. The van der Waals surface area contributed by atoms with Crippen LogP contribution in [0.25, 0.3) is 0 Å². The molecule has 1 heteroatoms. The minimum Gasteiger partial charge on any atom is -0.497 e. The molecule has 0 fully saturated rings. The van der Waals surface area contributed by atoms with E-state index >= 15 is 0 Å². The van der Waals surface area contributed by atoms with E-state index in [-0.39, 0.29) is 0 Å². The van der Waals surface area contributed by atoms with Crippen LogP contribution in [0.2, 0.25) is 0 Å². The van der Waals surface area contributed by atoms with Gasteiger partial charge in [-0.05, 0) is 38.0 Å². The van der Waals surface area contributed by atoms with Crippen molar-refractivity contribution in [3.63, 3.8) is 0 Å². The summed E-state index contributed by atoms with van der Waals surface area (Å²) < 4.78 is 5.13. The first-order valence-electron chi connectivity index (χ1n) is 4.22. The molecule has 0 saturated heterocycles. The van der Waals surface area contributed by atoms with E-state index in [1.807, 2.05) is 26.0 Å². The van der Waals surface area contributed by atoms with E-state index in [0.29, 0.717) is 0 Å². The summed E-state index contributed by atoms with van der Waals surface area (Å²) in [5.74, 6) is 0.898. The molecule has 0 aliphatic heterocycles. The van der Waals surface area contributed by atoms with Crippen LogP contribution in [0.15, 0.2) is 35.6 Å².